The number of rotatable bonds is 13. The van der Waals surface area contributed by atoms with Crippen molar-refractivity contribution in [2.24, 2.45) is 0 Å². The molecule has 1 unspecified atom stereocenters. The molecule has 0 heterocycles. The molecule has 0 spiro atoms. The summed E-state index contributed by atoms with van der Waals surface area (Å²) in [7, 11) is -3.84. The summed E-state index contributed by atoms with van der Waals surface area (Å²) >= 11 is 0. The smallest absolute Gasteiger partial charge is 0.244 e. The predicted molar refractivity (Wildman–Crippen MR) is 170 cm³/mol. The van der Waals surface area contributed by atoms with Gasteiger partial charge in [-0.2, -0.15) is 0 Å². The summed E-state index contributed by atoms with van der Waals surface area (Å²) in [5, 5.41) is 3.23. The normalized spacial score (nSPS) is 14.5. The number of aryl methyl sites for hydroxylation is 1. The number of hydrogen-bond acceptors (Lipinski definition) is 5. The lowest BCUT2D eigenvalue weighted by molar-refractivity contribution is -0.140. The van der Waals surface area contributed by atoms with Crippen LogP contribution in [0.15, 0.2) is 78.9 Å². The van der Waals surface area contributed by atoms with Gasteiger partial charge in [-0.05, 0) is 67.6 Å². The topological polar surface area (TPSA) is 96.0 Å². The molecule has 2 amide bonds. The van der Waals surface area contributed by atoms with Crippen molar-refractivity contribution in [2.75, 3.05) is 23.7 Å². The summed E-state index contributed by atoms with van der Waals surface area (Å²) in [4.78, 5) is 29.9. The zero-order valence-electron chi connectivity index (χ0n) is 25.4. The summed E-state index contributed by atoms with van der Waals surface area (Å²) in [5.41, 5.74) is 3.14. The fourth-order valence-electron chi connectivity index (χ4n) is 5.56. The second-order valence-electron chi connectivity index (χ2n) is 11.2. The quantitative estimate of drug-likeness (QED) is 0.287. The molecule has 9 heteroatoms. The number of nitrogens with zero attached hydrogens (tertiary/aromatic N) is 2. The highest BCUT2D eigenvalue weighted by Crippen LogP contribution is 2.24. The van der Waals surface area contributed by atoms with Crippen LogP contribution in [0.3, 0.4) is 0 Å². The van der Waals surface area contributed by atoms with E-state index in [1.165, 1.54) is 0 Å². The third-order valence-corrected chi connectivity index (χ3v) is 9.08. The van der Waals surface area contributed by atoms with E-state index in [9.17, 15) is 18.0 Å². The van der Waals surface area contributed by atoms with Gasteiger partial charge in [0.25, 0.3) is 0 Å². The average Bonchev–Trinajstić information content (AvgIpc) is 2.99. The van der Waals surface area contributed by atoms with Gasteiger partial charge in [0.15, 0.2) is 0 Å². The molecule has 0 bridgehead atoms. The molecule has 1 aliphatic carbocycles. The van der Waals surface area contributed by atoms with Crippen LogP contribution in [0.2, 0.25) is 0 Å². The number of benzene rings is 3. The van der Waals surface area contributed by atoms with Gasteiger partial charge in [-0.3, -0.25) is 13.9 Å². The van der Waals surface area contributed by atoms with Crippen molar-refractivity contribution in [3.8, 4) is 5.75 Å². The molecule has 1 fully saturated rings. The van der Waals surface area contributed by atoms with E-state index < -0.39 is 28.5 Å². The first-order valence-electron chi connectivity index (χ1n) is 15.0. The maximum Gasteiger partial charge on any atom is 0.244 e. The van der Waals surface area contributed by atoms with E-state index in [0.29, 0.717) is 24.5 Å². The van der Waals surface area contributed by atoms with Crippen LogP contribution in [-0.2, 0) is 32.6 Å². The lowest BCUT2D eigenvalue weighted by Gasteiger charge is -2.35. The van der Waals surface area contributed by atoms with E-state index in [1.807, 2.05) is 68.4 Å². The number of hydrogen-bond donors (Lipinski definition) is 1. The van der Waals surface area contributed by atoms with Crippen molar-refractivity contribution in [1.29, 1.82) is 0 Å². The number of carbonyl (C=O) groups excluding carboxylic acids is 2. The Bertz CT molecular complexity index is 1450. The number of anilines is 1. The van der Waals surface area contributed by atoms with Crippen molar-refractivity contribution in [3.05, 3.63) is 95.6 Å². The predicted octanol–water partition coefficient (Wildman–Crippen LogP) is 5.25. The van der Waals surface area contributed by atoms with Crippen LogP contribution in [0, 0.1) is 6.92 Å². The second-order valence-corrected chi connectivity index (χ2v) is 13.1. The highest BCUT2D eigenvalue weighted by Gasteiger charge is 2.34. The Morgan fingerprint density at radius 2 is 1.58 bits per heavy atom. The van der Waals surface area contributed by atoms with E-state index >= 15 is 0 Å². The highest BCUT2D eigenvalue weighted by molar-refractivity contribution is 7.92. The zero-order valence-corrected chi connectivity index (χ0v) is 26.2. The summed E-state index contributed by atoms with van der Waals surface area (Å²) in [6.07, 6.45) is 6.49. The third kappa shape index (κ3) is 9.07. The summed E-state index contributed by atoms with van der Waals surface area (Å²) in [5.74, 6) is -0.0681. The zero-order chi connectivity index (χ0) is 30.8. The van der Waals surface area contributed by atoms with Crippen LogP contribution in [0.4, 0.5) is 5.69 Å². The van der Waals surface area contributed by atoms with Crippen LogP contribution in [0.1, 0.15) is 55.7 Å². The van der Waals surface area contributed by atoms with Gasteiger partial charge in [0.1, 0.15) is 18.3 Å². The van der Waals surface area contributed by atoms with Crippen LogP contribution >= 0.6 is 0 Å². The van der Waals surface area contributed by atoms with E-state index in [-0.39, 0.29) is 18.5 Å². The minimum Gasteiger partial charge on any atom is -0.494 e. The Labute approximate surface area is 256 Å². The summed E-state index contributed by atoms with van der Waals surface area (Å²) in [6, 6.07) is 23.2. The molecule has 0 saturated heterocycles. The fourth-order valence-corrected chi connectivity index (χ4v) is 6.41. The highest BCUT2D eigenvalue weighted by atomic mass is 32.2. The largest absolute Gasteiger partial charge is 0.494 e. The SMILES string of the molecule is CCOc1ccc(N(CC(=O)N(Cc2ccccc2C)C(Cc2ccccc2)C(=O)NC2CCCCC2)S(C)(=O)=O)cc1. The lowest BCUT2D eigenvalue weighted by Crippen LogP contribution is -2.55. The fraction of sp³-hybridized carbons (Fsp3) is 0.412. The number of ether oxygens (including phenoxy) is 1. The van der Waals surface area contributed by atoms with Crippen molar-refractivity contribution < 1.29 is 22.7 Å². The number of nitrogens with one attached hydrogen (secondary N) is 1. The summed E-state index contributed by atoms with van der Waals surface area (Å²) < 4.78 is 32.6. The number of sulfonamides is 1. The van der Waals surface area contributed by atoms with Crippen LogP contribution in [0.5, 0.6) is 5.75 Å². The molecular formula is C34H43N3O5S. The minimum absolute atomic E-state index is 0.0614. The van der Waals surface area contributed by atoms with E-state index in [0.717, 1.165) is 59.4 Å². The monoisotopic (exact) mass is 605 g/mol. The van der Waals surface area contributed by atoms with Crippen molar-refractivity contribution >= 4 is 27.5 Å². The van der Waals surface area contributed by atoms with Crippen molar-refractivity contribution in [2.45, 2.75) is 71.0 Å². The average molecular weight is 606 g/mol. The lowest BCUT2D eigenvalue weighted by atomic mass is 9.94. The Balaban J connectivity index is 1.71. The maximum atomic E-state index is 14.3. The minimum atomic E-state index is -3.84. The molecule has 230 valence electrons. The molecule has 1 aliphatic rings. The Morgan fingerprint density at radius 3 is 2.21 bits per heavy atom. The van der Waals surface area contributed by atoms with Crippen LogP contribution in [0.25, 0.3) is 0 Å². The van der Waals surface area contributed by atoms with Gasteiger partial charge in [0, 0.05) is 19.0 Å². The van der Waals surface area contributed by atoms with Crippen molar-refractivity contribution in [3.63, 3.8) is 0 Å². The van der Waals surface area contributed by atoms with Crippen LogP contribution in [-0.4, -0.2) is 56.6 Å². The summed E-state index contributed by atoms with van der Waals surface area (Å²) in [6.45, 7) is 4.04. The molecule has 4 rings (SSSR count). The molecule has 3 aromatic rings. The first-order chi connectivity index (χ1) is 20.7. The molecule has 3 aromatic carbocycles. The van der Waals surface area contributed by atoms with Gasteiger partial charge in [0.05, 0.1) is 18.6 Å². The molecular weight excluding hydrogens is 562 g/mol. The van der Waals surface area contributed by atoms with Gasteiger partial charge in [0.2, 0.25) is 21.8 Å². The standard InChI is InChI=1S/C34H43N3O5S/c1-4-42-31-21-19-30(20-22-31)37(43(3,40)41)25-33(38)36(24-28-16-12-11-13-26(28)2)32(23-27-14-7-5-8-15-27)34(39)35-29-17-9-6-10-18-29/h5,7-8,11-16,19-22,29,32H,4,6,9-10,17-18,23-25H2,1-3H3,(H,35,39). The van der Waals surface area contributed by atoms with Gasteiger partial charge in [-0.25, -0.2) is 8.42 Å². The molecule has 1 atom stereocenters. The molecule has 0 radical (unpaired) electrons. The van der Waals surface area contributed by atoms with Crippen molar-refractivity contribution in [1.82, 2.24) is 10.2 Å². The molecule has 0 aliphatic heterocycles. The van der Waals surface area contributed by atoms with Crippen LogP contribution < -0.4 is 14.4 Å². The number of amides is 2. The van der Waals surface area contributed by atoms with Gasteiger partial charge in [-0.1, -0.05) is 73.9 Å². The molecule has 1 saturated carbocycles. The van der Waals surface area contributed by atoms with E-state index in [1.54, 1.807) is 29.2 Å². The first kappa shape index (κ1) is 32.1. The van der Waals surface area contributed by atoms with E-state index in [4.69, 9.17) is 4.74 Å². The number of carbonyl (C=O) groups is 2. The Hall–Kier alpha value is -3.85. The van der Waals surface area contributed by atoms with Gasteiger partial charge < -0.3 is 15.0 Å². The first-order valence-corrected chi connectivity index (χ1v) is 16.9. The Kier molecular flexibility index (Phi) is 11.2. The van der Waals surface area contributed by atoms with Gasteiger partial charge >= 0.3 is 0 Å². The maximum absolute atomic E-state index is 14.3. The van der Waals surface area contributed by atoms with E-state index in [2.05, 4.69) is 5.32 Å². The molecule has 0 aromatic heterocycles. The molecule has 8 nitrogen and oxygen atoms in total. The van der Waals surface area contributed by atoms with Gasteiger partial charge in [-0.15, -0.1) is 0 Å². The third-order valence-electron chi connectivity index (χ3n) is 7.94. The molecule has 1 N–H and O–H groups in total. The molecule has 43 heavy (non-hydrogen) atoms. The second kappa shape index (κ2) is 15.0. The Morgan fingerprint density at radius 1 is 0.930 bits per heavy atom.